The van der Waals surface area contributed by atoms with Gasteiger partial charge in [-0.25, -0.2) is 0 Å². The Bertz CT molecular complexity index is 445. The average molecular weight is 289 g/mol. The minimum atomic E-state index is -4.23. The SMILES string of the molecule is CC(C)OC=O.FC(F)(F)c1ccc2c(c1)CCCN2. The van der Waals surface area contributed by atoms with Gasteiger partial charge < -0.3 is 10.1 Å². The smallest absolute Gasteiger partial charge is 0.416 e. The van der Waals surface area contributed by atoms with Gasteiger partial charge in [-0.1, -0.05) is 0 Å². The molecule has 1 heterocycles. The number of aryl methyl sites for hydroxylation is 1. The highest BCUT2D eigenvalue weighted by Gasteiger charge is 2.31. The van der Waals surface area contributed by atoms with Crippen LogP contribution in [0.1, 0.15) is 31.4 Å². The quantitative estimate of drug-likeness (QED) is 0.845. The fraction of sp³-hybridized carbons (Fsp3) is 0.500. The number of anilines is 1. The second-order valence-electron chi connectivity index (χ2n) is 4.68. The van der Waals surface area contributed by atoms with Crippen LogP contribution in [0.2, 0.25) is 0 Å². The first-order valence-electron chi connectivity index (χ1n) is 6.37. The van der Waals surface area contributed by atoms with Gasteiger partial charge in [-0.3, -0.25) is 4.79 Å². The van der Waals surface area contributed by atoms with Crippen LogP contribution in [-0.2, 0) is 22.1 Å². The summed E-state index contributed by atoms with van der Waals surface area (Å²) in [6, 6.07) is 3.87. The third-order valence-corrected chi connectivity index (χ3v) is 2.70. The lowest BCUT2D eigenvalue weighted by molar-refractivity contribution is -0.137. The van der Waals surface area contributed by atoms with E-state index in [2.05, 4.69) is 10.1 Å². The van der Waals surface area contributed by atoms with E-state index in [9.17, 15) is 18.0 Å². The van der Waals surface area contributed by atoms with E-state index < -0.39 is 11.7 Å². The van der Waals surface area contributed by atoms with E-state index in [1.54, 1.807) is 13.8 Å². The first-order chi connectivity index (χ1) is 9.34. The summed E-state index contributed by atoms with van der Waals surface area (Å²) >= 11 is 0. The van der Waals surface area contributed by atoms with E-state index in [-0.39, 0.29) is 6.10 Å². The maximum absolute atomic E-state index is 12.3. The first kappa shape index (κ1) is 16.3. The maximum Gasteiger partial charge on any atom is 0.416 e. The van der Waals surface area contributed by atoms with Crippen molar-refractivity contribution in [1.29, 1.82) is 0 Å². The molecule has 0 saturated carbocycles. The molecule has 1 aromatic rings. The lowest BCUT2D eigenvalue weighted by atomic mass is 10.0. The second kappa shape index (κ2) is 7.17. The number of carbonyl (C=O) groups is 1. The number of hydrogen-bond acceptors (Lipinski definition) is 3. The monoisotopic (exact) mass is 289 g/mol. The van der Waals surface area contributed by atoms with Gasteiger partial charge in [0.15, 0.2) is 0 Å². The van der Waals surface area contributed by atoms with Crippen molar-refractivity contribution in [3.8, 4) is 0 Å². The van der Waals surface area contributed by atoms with Crippen molar-refractivity contribution in [1.82, 2.24) is 0 Å². The number of fused-ring (bicyclic) bond motifs is 1. The zero-order valence-electron chi connectivity index (χ0n) is 11.5. The standard InChI is InChI=1S/C10H10F3N.C4H8O2/c11-10(12,13)8-3-4-9-7(6-8)2-1-5-14-9;1-4(2)6-3-5/h3-4,6,14H,1-2,5H2;3-4H,1-2H3. The van der Waals surface area contributed by atoms with Gasteiger partial charge in [0.05, 0.1) is 11.7 Å². The molecular weight excluding hydrogens is 271 g/mol. The number of hydrogen-bond donors (Lipinski definition) is 1. The molecule has 1 aliphatic heterocycles. The molecule has 1 N–H and O–H groups in total. The lowest BCUT2D eigenvalue weighted by Gasteiger charge is -2.19. The fourth-order valence-electron chi connectivity index (χ4n) is 1.76. The van der Waals surface area contributed by atoms with Gasteiger partial charge in [0.2, 0.25) is 0 Å². The lowest BCUT2D eigenvalue weighted by Crippen LogP contribution is -2.13. The van der Waals surface area contributed by atoms with Crippen LogP contribution in [0.25, 0.3) is 0 Å². The topological polar surface area (TPSA) is 38.3 Å². The Labute approximate surface area is 116 Å². The second-order valence-corrected chi connectivity index (χ2v) is 4.68. The van der Waals surface area contributed by atoms with Crippen LogP contribution >= 0.6 is 0 Å². The van der Waals surface area contributed by atoms with Gasteiger partial charge in [0.1, 0.15) is 0 Å². The number of rotatable bonds is 2. The molecule has 2 rings (SSSR count). The predicted molar refractivity (Wildman–Crippen MR) is 70.5 cm³/mol. The largest absolute Gasteiger partial charge is 0.465 e. The number of ether oxygens (including phenoxy) is 1. The highest BCUT2D eigenvalue weighted by atomic mass is 19.4. The summed E-state index contributed by atoms with van der Waals surface area (Å²) < 4.78 is 41.4. The molecule has 0 radical (unpaired) electrons. The van der Waals surface area contributed by atoms with Crippen LogP contribution in [0, 0.1) is 0 Å². The number of benzene rings is 1. The molecule has 0 spiro atoms. The van der Waals surface area contributed by atoms with Crippen molar-refractivity contribution in [2.75, 3.05) is 11.9 Å². The molecule has 0 atom stereocenters. The minimum Gasteiger partial charge on any atom is -0.465 e. The highest BCUT2D eigenvalue weighted by molar-refractivity contribution is 5.54. The Morgan fingerprint density at radius 3 is 2.55 bits per heavy atom. The van der Waals surface area contributed by atoms with Gasteiger partial charge >= 0.3 is 6.18 Å². The molecule has 0 saturated heterocycles. The Balaban J connectivity index is 0.000000286. The van der Waals surface area contributed by atoms with Crippen molar-refractivity contribution in [3.05, 3.63) is 29.3 Å². The Morgan fingerprint density at radius 2 is 2.05 bits per heavy atom. The van der Waals surface area contributed by atoms with Crippen LogP contribution in [-0.4, -0.2) is 19.1 Å². The summed E-state index contributed by atoms with van der Waals surface area (Å²) in [5.74, 6) is 0. The van der Waals surface area contributed by atoms with Crippen molar-refractivity contribution >= 4 is 12.2 Å². The minimum absolute atomic E-state index is 0.0301. The van der Waals surface area contributed by atoms with E-state index in [1.807, 2.05) is 0 Å². The molecule has 112 valence electrons. The number of alkyl halides is 3. The third kappa shape index (κ3) is 5.11. The summed E-state index contributed by atoms with van der Waals surface area (Å²) in [5, 5.41) is 3.07. The van der Waals surface area contributed by atoms with E-state index in [1.165, 1.54) is 12.1 Å². The summed E-state index contributed by atoms with van der Waals surface area (Å²) in [6.07, 6.45) is -2.57. The van der Waals surface area contributed by atoms with Gasteiger partial charge in [0, 0.05) is 12.2 Å². The molecule has 1 aromatic carbocycles. The fourth-order valence-corrected chi connectivity index (χ4v) is 1.76. The molecule has 0 aromatic heterocycles. The summed E-state index contributed by atoms with van der Waals surface area (Å²) in [7, 11) is 0. The van der Waals surface area contributed by atoms with Gasteiger partial charge in [-0.2, -0.15) is 13.2 Å². The van der Waals surface area contributed by atoms with Crippen molar-refractivity contribution in [2.45, 2.75) is 39.0 Å². The summed E-state index contributed by atoms with van der Waals surface area (Å²) in [5.41, 5.74) is 1.05. The molecule has 0 fully saturated rings. The molecule has 0 unspecified atom stereocenters. The number of halogens is 3. The zero-order valence-corrected chi connectivity index (χ0v) is 11.5. The Hall–Kier alpha value is -1.72. The van der Waals surface area contributed by atoms with Gasteiger partial charge in [0.25, 0.3) is 6.47 Å². The normalized spacial score (nSPS) is 13.7. The van der Waals surface area contributed by atoms with Crippen molar-refractivity contribution < 1.29 is 22.7 Å². The Morgan fingerprint density at radius 1 is 1.35 bits per heavy atom. The summed E-state index contributed by atoms with van der Waals surface area (Å²) in [4.78, 5) is 9.39. The van der Waals surface area contributed by atoms with E-state index in [0.29, 0.717) is 6.47 Å². The van der Waals surface area contributed by atoms with Crippen molar-refractivity contribution in [3.63, 3.8) is 0 Å². The molecule has 6 heteroatoms. The molecule has 0 amide bonds. The molecule has 3 nitrogen and oxygen atoms in total. The maximum atomic E-state index is 12.3. The molecule has 20 heavy (non-hydrogen) atoms. The highest BCUT2D eigenvalue weighted by Crippen LogP contribution is 2.33. The molecule has 1 aliphatic rings. The van der Waals surface area contributed by atoms with Crippen LogP contribution < -0.4 is 5.32 Å². The average Bonchev–Trinajstić information content (AvgIpc) is 2.37. The van der Waals surface area contributed by atoms with Gasteiger partial charge in [-0.15, -0.1) is 0 Å². The van der Waals surface area contributed by atoms with Crippen molar-refractivity contribution in [2.24, 2.45) is 0 Å². The molecule has 0 aliphatic carbocycles. The first-order valence-corrected chi connectivity index (χ1v) is 6.37. The molecular formula is C14H18F3NO2. The molecule has 0 bridgehead atoms. The third-order valence-electron chi connectivity index (χ3n) is 2.70. The zero-order chi connectivity index (χ0) is 15.2. The van der Waals surface area contributed by atoms with Gasteiger partial charge in [-0.05, 0) is 50.5 Å². The number of carbonyl (C=O) groups excluding carboxylic acids is 1. The number of nitrogens with one attached hydrogen (secondary N) is 1. The van der Waals surface area contributed by atoms with E-state index in [4.69, 9.17) is 0 Å². The van der Waals surface area contributed by atoms with Crippen LogP contribution in [0.5, 0.6) is 0 Å². The van der Waals surface area contributed by atoms with Crippen LogP contribution in [0.3, 0.4) is 0 Å². The predicted octanol–water partition coefficient (Wildman–Crippen LogP) is 3.63. The van der Waals surface area contributed by atoms with E-state index in [0.717, 1.165) is 36.7 Å². The van der Waals surface area contributed by atoms with E-state index >= 15 is 0 Å². The summed E-state index contributed by atoms with van der Waals surface area (Å²) in [6.45, 7) is 4.89. The Kier molecular flexibility index (Phi) is 5.85. The van der Waals surface area contributed by atoms with Crippen LogP contribution in [0.4, 0.5) is 18.9 Å². The van der Waals surface area contributed by atoms with Crippen LogP contribution in [0.15, 0.2) is 18.2 Å².